The predicted octanol–water partition coefficient (Wildman–Crippen LogP) is 4.04. The average Bonchev–Trinajstić information content (AvgIpc) is 3.18. The van der Waals surface area contributed by atoms with Crippen LogP contribution in [-0.2, 0) is 5.41 Å². The third-order valence-electron chi connectivity index (χ3n) is 4.19. The molecule has 3 aromatic rings. The van der Waals surface area contributed by atoms with Crippen molar-refractivity contribution < 1.29 is 9.90 Å². The summed E-state index contributed by atoms with van der Waals surface area (Å²) < 4.78 is 1.67. The molecule has 0 aliphatic carbocycles. The minimum atomic E-state index is -0.972. The van der Waals surface area contributed by atoms with Gasteiger partial charge in [-0.25, -0.2) is 9.78 Å². The second kappa shape index (κ2) is 6.32. The molecule has 24 heavy (non-hydrogen) atoms. The van der Waals surface area contributed by atoms with E-state index in [9.17, 15) is 4.79 Å². The summed E-state index contributed by atoms with van der Waals surface area (Å²) in [5, 5.41) is 18.0. The Bertz CT molecular complexity index is 882. The summed E-state index contributed by atoms with van der Waals surface area (Å²) in [5.74, 6) is -0.972. The van der Waals surface area contributed by atoms with E-state index in [0.717, 1.165) is 17.1 Å². The minimum Gasteiger partial charge on any atom is -0.478 e. The van der Waals surface area contributed by atoms with Crippen LogP contribution in [0.2, 0.25) is 0 Å². The summed E-state index contributed by atoms with van der Waals surface area (Å²) in [6, 6.07) is 4.81. The molecule has 3 rings (SSSR count). The van der Waals surface area contributed by atoms with Crippen LogP contribution in [0.3, 0.4) is 0 Å². The van der Waals surface area contributed by atoms with Crippen molar-refractivity contribution in [2.24, 2.45) is 0 Å². The molecule has 0 aliphatic heterocycles. The van der Waals surface area contributed by atoms with Crippen molar-refractivity contribution in [1.82, 2.24) is 20.0 Å². The molecular weight excluding hydrogens is 324 g/mol. The fourth-order valence-corrected chi connectivity index (χ4v) is 3.62. The second-order valence-electron chi connectivity index (χ2n) is 6.50. The summed E-state index contributed by atoms with van der Waals surface area (Å²) in [6.45, 7) is 6.66. The SMILES string of the molecule is CCCCC(C)(C)c1cnc(-n2nnc3cc(C(=O)O)ccc32)s1. The number of carboxylic acid groups (broad SMARTS) is 1. The number of thiazole rings is 1. The summed E-state index contributed by atoms with van der Waals surface area (Å²) in [4.78, 5) is 16.8. The molecule has 2 aromatic heterocycles. The fourth-order valence-electron chi connectivity index (χ4n) is 2.62. The quantitative estimate of drug-likeness (QED) is 0.730. The molecule has 0 saturated heterocycles. The minimum absolute atomic E-state index is 0.0821. The van der Waals surface area contributed by atoms with E-state index in [-0.39, 0.29) is 11.0 Å². The molecule has 126 valence electrons. The third-order valence-corrected chi connectivity index (χ3v) is 5.53. The molecule has 0 unspecified atom stereocenters. The number of hydrogen-bond donors (Lipinski definition) is 1. The first-order chi connectivity index (χ1) is 11.4. The van der Waals surface area contributed by atoms with Gasteiger partial charge in [-0.15, -0.1) is 5.10 Å². The van der Waals surface area contributed by atoms with Crippen LogP contribution >= 0.6 is 11.3 Å². The Balaban J connectivity index is 1.96. The van der Waals surface area contributed by atoms with Crippen LogP contribution in [-0.4, -0.2) is 31.1 Å². The van der Waals surface area contributed by atoms with E-state index in [1.807, 2.05) is 6.20 Å². The third kappa shape index (κ3) is 3.03. The molecule has 7 heteroatoms. The molecule has 1 aromatic carbocycles. The van der Waals surface area contributed by atoms with Crippen LogP contribution in [0.25, 0.3) is 16.2 Å². The lowest BCUT2D eigenvalue weighted by Gasteiger charge is -2.22. The maximum atomic E-state index is 11.1. The topological polar surface area (TPSA) is 80.9 Å². The molecule has 6 nitrogen and oxygen atoms in total. The number of unbranched alkanes of at least 4 members (excludes halogenated alkanes) is 1. The van der Waals surface area contributed by atoms with E-state index >= 15 is 0 Å². The molecule has 1 N–H and O–H groups in total. The highest BCUT2D eigenvalue weighted by molar-refractivity contribution is 7.14. The first-order valence-electron chi connectivity index (χ1n) is 7.98. The molecule has 0 spiro atoms. The fraction of sp³-hybridized carbons (Fsp3) is 0.412. The predicted molar refractivity (Wildman–Crippen MR) is 94.0 cm³/mol. The van der Waals surface area contributed by atoms with Crippen LogP contribution in [0.15, 0.2) is 24.4 Å². The molecule has 0 fully saturated rings. The Morgan fingerprint density at radius 1 is 1.38 bits per heavy atom. The van der Waals surface area contributed by atoms with Gasteiger partial charge in [-0.3, -0.25) is 0 Å². The smallest absolute Gasteiger partial charge is 0.335 e. The first-order valence-corrected chi connectivity index (χ1v) is 8.79. The van der Waals surface area contributed by atoms with Crippen molar-refractivity contribution in [2.75, 3.05) is 0 Å². The van der Waals surface area contributed by atoms with Gasteiger partial charge in [-0.05, 0) is 24.6 Å². The zero-order valence-electron chi connectivity index (χ0n) is 14.0. The number of benzene rings is 1. The van der Waals surface area contributed by atoms with Crippen LogP contribution in [0.5, 0.6) is 0 Å². The van der Waals surface area contributed by atoms with Gasteiger partial charge in [-0.2, -0.15) is 4.68 Å². The number of nitrogens with zero attached hydrogens (tertiary/aromatic N) is 4. The molecule has 0 radical (unpaired) electrons. The monoisotopic (exact) mass is 344 g/mol. The van der Waals surface area contributed by atoms with Crippen LogP contribution < -0.4 is 0 Å². The van der Waals surface area contributed by atoms with Crippen molar-refractivity contribution in [2.45, 2.75) is 45.4 Å². The van der Waals surface area contributed by atoms with Crippen molar-refractivity contribution in [3.8, 4) is 5.13 Å². The zero-order chi connectivity index (χ0) is 17.3. The summed E-state index contributed by atoms with van der Waals surface area (Å²) >= 11 is 1.61. The largest absolute Gasteiger partial charge is 0.478 e. The number of carboxylic acids is 1. The normalized spacial score (nSPS) is 12.0. The van der Waals surface area contributed by atoms with Crippen molar-refractivity contribution >= 4 is 28.3 Å². The van der Waals surface area contributed by atoms with Gasteiger partial charge in [0.05, 0.1) is 11.1 Å². The number of carbonyl (C=O) groups is 1. The van der Waals surface area contributed by atoms with Crippen molar-refractivity contribution in [3.63, 3.8) is 0 Å². The van der Waals surface area contributed by atoms with E-state index < -0.39 is 5.97 Å². The summed E-state index contributed by atoms with van der Waals surface area (Å²) in [5.41, 5.74) is 1.60. The maximum absolute atomic E-state index is 11.1. The summed E-state index contributed by atoms with van der Waals surface area (Å²) in [6.07, 6.45) is 5.39. The molecule has 0 amide bonds. The van der Waals surface area contributed by atoms with Gasteiger partial charge in [0.25, 0.3) is 0 Å². The summed E-state index contributed by atoms with van der Waals surface area (Å²) in [7, 11) is 0. The van der Waals surface area contributed by atoms with Gasteiger partial charge in [0.2, 0.25) is 5.13 Å². The Kier molecular flexibility index (Phi) is 4.36. The van der Waals surface area contributed by atoms with E-state index in [1.54, 1.807) is 28.2 Å². The first kappa shape index (κ1) is 16.6. The molecule has 0 saturated carbocycles. The average molecular weight is 344 g/mol. The van der Waals surface area contributed by atoms with Crippen LogP contribution in [0, 0.1) is 0 Å². The van der Waals surface area contributed by atoms with Gasteiger partial charge in [0, 0.05) is 16.5 Å². The number of rotatable bonds is 6. The van der Waals surface area contributed by atoms with E-state index in [4.69, 9.17) is 5.11 Å². The van der Waals surface area contributed by atoms with Gasteiger partial charge in [-0.1, -0.05) is 50.2 Å². The lowest BCUT2D eigenvalue weighted by molar-refractivity contribution is 0.0697. The van der Waals surface area contributed by atoms with Gasteiger partial charge in [0.1, 0.15) is 5.52 Å². The highest BCUT2D eigenvalue weighted by Gasteiger charge is 2.24. The van der Waals surface area contributed by atoms with Gasteiger partial charge >= 0.3 is 5.97 Å². The lowest BCUT2D eigenvalue weighted by atomic mass is 9.86. The highest BCUT2D eigenvalue weighted by atomic mass is 32.1. The Morgan fingerprint density at radius 3 is 2.88 bits per heavy atom. The van der Waals surface area contributed by atoms with Gasteiger partial charge in [0.15, 0.2) is 0 Å². The number of fused-ring (bicyclic) bond motifs is 1. The van der Waals surface area contributed by atoms with E-state index in [2.05, 4.69) is 36.1 Å². The Hall–Kier alpha value is -2.28. The standard InChI is InChI=1S/C17H20N4O2S/c1-4-5-8-17(2,3)14-10-18-16(24-14)21-13-7-6-11(15(22)23)9-12(13)19-20-21/h6-7,9-10H,4-5,8H2,1-3H3,(H,22,23). The van der Waals surface area contributed by atoms with Crippen LogP contribution in [0.4, 0.5) is 0 Å². The highest BCUT2D eigenvalue weighted by Crippen LogP contribution is 2.34. The zero-order valence-corrected chi connectivity index (χ0v) is 14.8. The lowest BCUT2D eigenvalue weighted by Crippen LogP contribution is -2.14. The number of hydrogen-bond acceptors (Lipinski definition) is 5. The second-order valence-corrected chi connectivity index (χ2v) is 7.51. The van der Waals surface area contributed by atoms with E-state index in [0.29, 0.717) is 5.52 Å². The molecule has 2 heterocycles. The van der Waals surface area contributed by atoms with Gasteiger partial charge < -0.3 is 5.11 Å². The molecule has 0 atom stereocenters. The molecular formula is C17H20N4O2S. The molecule has 0 bridgehead atoms. The van der Waals surface area contributed by atoms with Crippen molar-refractivity contribution in [3.05, 3.63) is 34.8 Å². The van der Waals surface area contributed by atoms with Crippen LogP contribution in [0.1, 0.15) is 55.3 Å². The van der Waals surface area contributed by atoms with Crippen molar-refractivity contribution in [1.29, 1.82) is 0 Å². The number of aromatic carboxylic acids is 1. The maximum Gasteiger partial charge on any atom is 0.335 e. The number of aromatic nitrogens is 4. The Morgan fingerprint density at radius 2 is 2.17 bits per heavy atom. The molecule has 0 aliphatic rings. The Labute approximate surface area is 144 Å². The van der Waals surface area contributed by atoms with E-state index in [1.165, 1.54) is 23.8 Å².